The molecule has 0 aromatic heterocycles. The van der Waals surface area contributed by atoms with E-state index in [1.165, 1.54) is 12.8 Å². The fourth-order valence-corrected chi connectivity index (χ4v) is 4.16. The van der Waals surface area contributed by atoms with Gasteiger partial charge in [0.25, 0.3) is 0 Å². The van der Waals surface area contributed by atoms with Crippen LogP contribution in [-0.4, -0.2) is 31.9 Å². The summed E-state index contributed by atoms with van der Waals surface area (Å²) in [5, 5.41) is 3.42. The molecule has 3 rings (SSSR count). The van der Waals surface area contributed by atoms with Crippen molar-refractivity contribution in [1.29, 1.82) is 0 Å². The second-order valence-corrected chi connectivity index (χ2v) is 7.92. The van der Waals surface area contributed by atoms with Crippen molar-refractivity contribution in [1.82, 2.24) is 9.62 Å². The lowest BCUT2D eigenvalue weighted by Gasteiger charge is -2.25. The summed E-state index contributed by atoms with van der Waals surface area (Å²) in [6.07, 6.45) is 5.38. The Morgan fingerprint density at radius 2 is 2.14 bits per heavy atom. The predicted octanol–water partition coefficient (Wildman–Crippen LogP) is 2.28. The standard InChI is InChI=1S/C16H22N2O2S/c1-13-4-3-9-18(12-13)21(19,20)16-6-2-5-14(10-16)11-17-15-7-8-15/h2,4-6,10,15,17H,3,7-9,11-12H2,1H3. The smallest absolute Gasteiger partial charge is 0.243 e. The lowest BCUT2D eigenvalue weighted by molar-refractivity contribution is 0.428. The van der Waals surface area contributed by atoms with E-state index < -0.39 is 10.0 Å². The number of nitrogens with one attached hydrogen (secondary N) is 1. The fourth-order valence-electron chi connectivity index (χ4n) is 2.60. The molecule has 114 valence electrons. The summed E-state index contributed by atoms with van der Waals surface area (Å²) in [5.41, 5.74) is 2.16. The Kier molecular flexibility index (Phi) is 4.15. The van der Waals surface area contributed by atoms with Crippen LogP contribution in [0.3, 0.4) is 0 Å². The molecule has 4 nitrogen and oxygen atoms in total. The highest BCUT2D eigenvalue weighted by Crippen LogP contribution is 2.22. The topological polar surface area (TPSA) is 49.4 Å². The minimum Gasteiger partial charge on any atom is -0.310 e. The Bertz CT molecular complexity index is 648. The molecule has 1 heterocycles. The predicted molar refractivity (Wildman–Crippen MR) is 83.4 cm³/mol. The third kappa shape index (κ3) is 3.54. The normalized spacial score (nSPS) is 20.3. The van der Waals surface area contributed by atoms with E-state index in [2.05, 4.69) is 11.4 Å². The molecular weight excluding hydrogens is 284 g/mol. The van der Waals surface area contributed by atoms with E-state index in [-0.39, 0.29) is 0 Å². The molecule has 1 saturated carbocycles. The molecule has 0 spiro atoms. The van der Waals surface area contributed by atoms with E-state index in [0.717, 1.165) is 24.1 Å². The van der Waals surface area contributed by atoms with Gasteiger partial charge in [-0.2, -0.15) is 4.31 Å². The minimum atomic E-state index is -3.38. The van der Waals surface area contributed by atoms with E-state index in [4.69, 9.17) is 0 Å². The molecule has 2 aliphatic rings. The molecule has 1 aliphatic heterocycles. The van der Waals surface area contributed by atoms with E-state index >= 15 is 0 Å². The fraction of sp³-hybridized carbons (Fsp3) is 0.500. The largest absolute Gasteiger partial charge is 0.310 e. The summed E-state index contributed by atoms with van der Waals surface area (Å²) in [7, 11) is -3.38. The van der Waals surface area contributed by atoms with E-state index in [0.29, 0.717) is 24.0 Å². The molecule has 0 amide bonds. The van der Waals surface area contributed by atoms with Crippen LogP contribution in [0.25, 0.3) is 0 Å². The highest BCUT2D eigenvalue weighted by molar-refractivity contribution is 7.89. The van der Waals surface area contributed by atoms with Crippen molar-refractivity contribution in [3.8, 4) is 0 Å². The van der Waals surface area contributed by atoms with Crippen LogP contribution in [0.5, 0.6) is 0 Å². The molecule has 1 aromatic carbocycles. The van der Waals surface area contributed by atoms with Crippen LogP contribution in [0.4, 0.5) is 0 Å². The molecule has 1 aliphatic carbocycles. The van der Waals surface area contributed by atoms with Gasteiger partial charge in [-0.3, -0.25) is 0 Å². The monoisotopic (exact) mass is 306 g/mol. The van der Waals surface area contributed by atoms with Crippen LogP contribution >= 0.6 is 0 Å². The molecule has 0 atom stereocenters. The van der Waals surface area contributed by atoms with Gasteiger partial charge in [0, 0.05) is 25.7 Å². The van der Waals surface area contributed by atoms with Gasteiger partial charge in [-0.15, -0.1) is 0 Å². The van der Waals surface area contributed by atoms with E-state index in [1.54, 1.807) is 16.4 Å². The average Bonchev–Trinajstić information content (AvgIpc) is 3.30. The minimum absolute atomic E-state index is 0.410. The molecule has 1 N–H and O–H groups in total. The van der Waals surface area contributed by atoms with Crippen molar-refractivity contribution in [3.05, 3.63) is 41.5 Å². The highest BCUT2D eigenvalue weighted by atomic mass is 32.2. The summed E-state index contributed by atoms with van der Waals surface area (Å²) < 4.78 is 27.0. The van der Waals surface area contributed by atoms with Crippen molar-refractivity contribution in [2.75, 3.05) is 13.1 Å². The molecule has 1 aromatic rings. The second-order valence-electron chi connectivity index (χ2n) is 5.98. The first-order valence-corrected chi connectivity index (χ1v) is 8.98. The number of benzene rings is 1. The summed E-state index contributed by atoms with van der Waals surface area (Å²) >= 11 is 0. The number of hydrogen-bond acceptors (Lipinski definition) is 3. The number of hydrogen-bond donors (Lipinski definition) is 1. The van der Waals surface area contributed by atoms with Gasteiger partial charge < -0.3 is 5.32 Å². The second kappa shape index (κ2) is 5.91. The Morgan fingerprint density at radius 3 is 2.86 bits per heavy atom. The summed E-state index contributed by atoms with van der Waals surface area (Å²) in [4.78, 5) is 0.410. The lowest BCUT2D eigenvalue weighted by atomic mass is 10.2. The van der Waals surface area contributed by atoms with E-state index in [9.17, 15) is 8.42 Å². The van der Waals surface area contributed by atoms with Crippen LogP contribution in [0.15, 0.2) is 40.8 Å². The molecule has 5 heteroatoms. The first-order chi connectivity index (χ1) is 10.1. The van der Waals surface area contributed by atoms with Crippen molar-refractivity contribution in [2.45, 2.75) is 43.7 Å². The summed E-state index contributed by atoms with van der Waals surface area (Å²) in [6, 6.07) is 7.95. The van der Waals surface area contributed by atoms with Gasteiger partial charge in [-0.25, -0.2) is 8.42 Å². The third-order valence-corrected chi connectivity index (χ3v) is 5.85. The van der Waals surface area contributed by atoms with Gasteiger partial charge in [0.1, 0.15) is 0 Å². The third-order valence-electron chi connectivity index (χ3n) is 4.01. The van der Waals surface area contributed by atoms with Gasteiger partial charge in [0.15, 0.2) is 0 Å². The summed E-state index contributed by atoms with van der Waals surface area (Å²) in [5.74, 6) is 0. The molecule has 0 unspecified atom stereocenters. The molecule has 0 saturated heterocycles. The van der Waals surface area contributed by atoms with Crippen LogP contribution in [0.2, 0.25) is 0 Å². The van der Waals surface area contributed by atoms with E-state index in [1.807, 2.05) is 19.1 Å². The van der Waals surface area contributed by atoms with Gasteiger partial charge in [0.05, 0.1) is 4.90 Å². The molecule has 0 bridgehead atoms. The molecule has 0 radical (unpaired) electrons. The Labute approximate surface area is 126 Å². The van der Waals surface area contributed by atoms with Crippen molar-refractivity contribution >= 4 is 10.0 Å². The Balaban J connectivity index is 1.77. The van der Waals surface area contributed by atoms with Crippen molar-refractivity contribution in [2.24, 2.45) is 0 Å². The molecule has 21 heavy (non-hydrogen) atoms. The first kappa shape index (κ1) is 14.8. The average molecular weight is 306 g/mol. The zero-order chi connectivity index (χ0) is 14.9. The van der Waals surface area contributed by atoms with Gasteiger partial charge in [0.2, 0.25) is 10.0 Å². The van der Waals surface area contributed by atoms with Crippen LogP contribution in [0, 0.1) is 0 Å². The van der Waals surface area contributed by atoms with Gasteiger partial charge >= 0.3 is 0 Å². The van der Waals surface area contributed by atoms with Gasteiger partial charge in [-0.05, 0) is 43.9 Å². The van der Waals surface area contributed by atoms with Crippen molar-refractivity contribution in [3.63, 3.8) is 0 Å². The quantitative estimate of drug-likeness (QED) is 0.849. The van der Waals surface area contributed by atoms with Gasteiger partial charge in [-0.1, -0.05) is 23.8 Å². The highest BCUT2D eigenvalue weighted by Gasteiger charge is 2.26. The van der Waals surface area contributed by atoms with Crippen molar-refractivity contribution < 1.29 is 8.42 Å². The maximum atomic E-state index is 12.7. The Hall–Kier alpha value is -1.17. The first-order valence-electron chi connectivity index (χ1n) is 7.54. The van der Waals surface area contributed by atoms with Crippen LogP contribution < -0.4 is 5.32 Å². The Morgan fingerprint density at radius 1 is 1.33 bits per heavy atom. The zero-order valence-electron chi connectivity index (χ0n) is 12.4. The number of sulfonamides is 1. The summed E-state index contributed by atoms with van der Waals surface area (Å²) in [6.45, 7) is 3.81. The molecular formula is C16H22N2O2S. The lowest BCUT2D eigenvalue weighted by Crippen LogP contribution is -2.35. The SMILES string of the molecule is CC1=CCCN(S(=O)(=O)c2cccc(CNC3CC3)c2)C1. The zero-order valence-corrected chi connectivity index (χ0v) is 13.2. The van der Waals surface area contributed by atoms with Crippen LogP contribution in [-0.2, 0) is 16.6 Å². The number of nitrogens with zero attached hydrogens (tertiary/aromatic N) is 1. The number of rotatable bonds is 5. The maximum Gasteiger partial charge on any atom is 0.243 e. The van der Waals surface area contributed by atoms with Crippen LogP contribution in [0.1, 0.15) is 31.7 Å². The molecule has 1 fully saturated rings. The maximum absolute atomic E-state index is 12.7.